The fraction of sp³-hybridized carbons (Fsp3) is 0.540. The van der Waals surface area contributed by atoms with Crippen molar-refractivity contribution in [2.24, 2.45) is 57.2 Å². The zero-order chi connectivity index (χ0) is 59.2. The predicted octanol–water partition coefficient (Wildman–Crippen LogP) is 11.2. The Morgan fingerprint density at radius 1 is 0.687 bits per heavy atom. The van der Waals surface area contributed by atoms with Crippen LogP contribution in [0.3, 0.4) is 0 Å². The second-order valence-corrected chi connectivity index (χ2v) is 26.2. The van der Waals surface area contributed by atoms with Crippen LogP contribution in [-0.2, 0) is 23.8 Å². The number of halogens is 3. The lowest BCUT2D eigenvalue weighted by Gasteiger charge is -2.66. The molecule has 4 saturated carbocycles. The monoisotopic (exact) mass is 1320 g/mol. The summed E-state index contributed by atoms with van der Waals surface area (Å²) in [6, 6.07) is 14.1. The summed E-state index contributed by atoms with van der Waals surface area (Å²) >= 11 is 3.12. The molecule has 6 heterocycles. The highest BCUT2D eigenvalue weighted by atomic mass is 127. The average molecular weight is 1320 g/mol. The van der Waals surface area contributed by atoms with Crippen LogP contribution in [-0.4, -0.2) is 79.8 Å². The number of carbonyl (C=O) groups is 3. The van der Waals surface area contributed by atoms with E-state index in [1.807, 2.05) is 6.92 Å². The van der Waals surface area contributed by atoms with Gasteiger partial charge in [-0.05, 0) is 145 Å². The summed E-state index contributed by atoms with van der Waals surface area (Å²) in [5.74, 6) is -2.49. The summed E-state index contributed by atoms with van der Waals surface area (Å²) in [5, 5.41) is 35.6. The van der Waals surface area contributed by atoms with Crippen LogP contribution in [0.15, 0.2) is 102 Å². The summed E-state index contributed by atoms with van der Waals surface area (Å²) in [5.41, 5.74) is -4.68. The Balaban J connectivity index is 0.000000203. The van der Waals surface area contributed by atoms with Crippen molar-refractivity contribution < 1.29 is 66.6 Å². The third kappa shape index (κ3) is 10.4. The number of aromatic nitrogens is 2. The maximum absolute atomic E-state index is 14.5. The molecule has 4 aliphatic carbocycles. The molecular weight excluding hydrogens is 1250 g/mol. The van der Waals surface area contributed by atoms with Gasteiger partial charge in [-0.2, -0.15) is 0 Å². The number of benzene rings is 1. The first-order valence-corrected chi connectivity index (χ1v) is 28.9. The van der Waals surface area contributed by atoms with Gasteiger partial charge in [0.2, 0.25) is 0 Å². The standard InChI is InChI=1S/C35H37BrFNO8.C28H35NO7.HI/c1-18-10-11-33(3)26(34(18,4)17-43-19(2)39)15-27(45-31(41)20-8-9-22(36)23(37)13-20)35(5)30(33)29(40)28-25(46-35)14-24(44-32(28)42)21-7-6-12-38-16-21;1-15-8-9-26(3)20(27(15,4)14-34-16(2)30)12-21(31)28(5)24(26)23(32)22-19(36-28)11-18(35-25(22)33)17-7-6-10-29-13-17;/h6-9,12-14,16,18,26-27,29-30,40H,10-11,15,17H2,1-5H3;6-7,10-11,13,15,20-21,23-24,31-32H,8-9,12,14H2,1-5H3;1H/t18-,26?,27-,29-,30?,33-,34+,35+;15-,20?,21-,23-,24?,26-,27+,28+;/m00./s1. The smallest absolute Gasteiger partial charge is 0.345 e. The topological polar surface area (TPSA) is 244 Å². The Morgan fingerprint density at radius 2 is 1.14 bits per heavy atom. The average Bonchev–Trinajstić information content (AvgIpc) is 0.784. The predicted molar refractivity (Wildman–Crippen MR) is 315 cm³/mol. The fourth-order valence-electron chi connectivity index (χ4n) is 16.1. The molecule has 1 aromatic carbocycles. The number of nitrogens with zero attached hydrogens (tertiary/aromatic N) is 2. The number of aliphatic hydroxyl groups is 3. The van der Waals surface area contributed by atoms with Crippen LogP contribution in [0, 0.1) is 63.0 Å². The first-order chi connectivity index (χ1) is 38.6. The molecule has 5 aromatic rings. The summed E-state index contributed by atoms with van der Waals surface area (Å²) in [4.78, 5) is 72.3. The molecule has 4 unspecified atom stereocenters. The van der Waals surface area contributed by atoms with E-state index in [4.69, 9.17) is 32.5 Å². The number of rotatable bonds is 8. The molecule has 0 bridgehead atoms. The third-order valence-electron chi connectivity index (χ3n) is 20.8. The summed E-state index contributed by atoms with van der Waals surface area (Å²) in [6.45, 7) is 19.4. The molecule has 0 amide bonds. The normalized spacial score (nSPS) is 35.4. The molecule has 2 aliphatic heterocycles. The Labute approximate surface area is 506 Å². The van der Waals surface area contributed by atoms with Crippen molar-refractivity contribution in [3.8, 4) is 34.1 Å². The van der Waals surface area contributed by atoms with Crippen molar-refractivity contribution in [3.05, 3.63) is 127 Å². The molecule has 4 aromatic heterocycles. The van der Waals surface area contributed by atoms with Crippen molar-refractivity contribution in [1.29, 1.82) is 0 Å². The SMILES string of the molecule is CC(=O)OC[C@@]1(C)C2C[C@H](O)[C@@]3(C)Oc4cc(-c5cccnc5)oc(=O)c4[C@H](O)C3[C@@]2(C)CC[C@@H]1C.CC(=O)OC[C@@]1(C)C2C[C@H](OC(=O)c3ccc(Br)c(F)c3)[C@@]3(C)Oc4cc(-c5cccnc5)oc(=O)c4[C@H](O)C3[C@@]2(C)CC[C@@H]1C.I. The van der Waals surface area contributed by atoms with Gasteiger partial charge in [0.05, 0.1) is 41.6 Å². The van der Waals surface area contributed by atoms with Gasteiger partial charge in [0.25, 0.3) is 0 Å². The molecule has 0 radical (unpaired) electrons. The number of esters is 3. The van der Waals surface area contributed by atoms with Crippen molar-refractivity contribution in [1.82, 2.24) is 9.97 Å². The molecule has 4 fully saturated rings. The molecular formula is C63H73BrFIN2O15. The van der Waals surface area contributed by atoms with E-state index in [-0.39, 0.29) is 111 Å². The van der Waals surface area contributed by atoms with Gasteiger partial charge in [-0.25, -0.2) is 18.8 Å². The minimum atomic E-state index is -1.33. The van der Waals surface area contributed by atoms with Crippen LogP contribution in [0.1, 0.15) is 141 Å². The maximum atomic E-state index is 14.5. The number of aliphatic hydroxyl groups excluding tert-OH is 3. The first-order valence-electron chi connectivity index (χ1n) is 28.1. The molecule has 16 atom stereocenters. The lowest BCUT2D eigenvalue weighted by atomic mass is 9.41. The minimum Gasteiger partial charge on any atom is -0.484 e. The van der Waals surface area contributed by atoms with E-state index in [0.29, 0.717) is 30.4 Å². The quantitative estimate of drug-likeness (QED) is 0.0743. The Bertz CT molecular complexity index is 3420. The van der Waals surface area contributed by atoms with Gasteiger partial charge in [0.15, 0.2) is 0 Å². The van der Waals surface area contributed by atoms with Crippen LogP contribution >= 0.6 is 39.9 Å². The maximum Gasteiger partial charge on any atom is 0.345 e. The van der Waals surface area contributed by atoms with E-state index in [9.17, 15) is 43.7 Å². The molecule has 6 aliphatic rings. The lowest BCUT2D eigenvalue weighted by Crippen LogP contribution is -2.70. The molecule has 11 rings (SSSR count). The van der Waals surface area contributed by atoms with E-state index in [1.54, 1.807) is 68.1 Å². The number of hydrogen-bond acceptors (Lipinski definition) is 17. The van der Waals surface area contributed by atoms with E-state index in [0.717, 1.165) is 25.3 Å². The number of hydrogen-bond donors (Lipinski definition) is 3. The second-order valence-electron chi connectivity index (χ2n) is 25.3. The highest BCUT2D eigenvalue weighted by Gasteiger charge is 2.71. The van der Waals surface area contributed by atoms with Gasteiger partial charge in [0.1, 0.15) is 57.3 Å². The Morgan fingerprint density at radius 3 is 1.59 bits per heavy atom. The van der Waals surface area contributed by atoms with Crippen LogP contribution in [0.25, 0.3) is 22.6 Å². The zero-order valence-electron chi connectivity index (χ0n) is 48.2. The Hall–Kier alpha value is -5.55. The third-order valence-corrected chi connectivity index (χ3v) is 21.4. The van der Waals surface area contributed by atoms with Crippen molar-refractivity contribution in [2.45, 2.75) is 143 Å². The van der Waals surface area contributed by atoms with Crippen LogP contribution in [0.5, 0.6) is 11.5 Å². The summed E-state index contributed by atoms with van der Waals surface area (Å²) in [6.07, 6.45) is 5.86. The molecule has 17 nitrogen and oxygen atoms in total. The minimum absolute atomic E-state index is 0. The highest BCUT2D eigenvalue weighted by molar-refractivity contribution is 14.0. The lowest BCUT2D eigenvalue weighted by molar-refractivity contribution is -0.257. The van der Waals surface area contributed by atoms with E-state index < -0.39 is 98.1 Å². The molecule has 0 saturated heterocycles. The van der Waals surface area contributed by atoms with Gasteiger partial charge in [-0.1, -0.05) is 41.5 Å². The summed E-state index contributed by atoms with van der Waals surface area (Å²) < 4.78 is 56.6. The van der Waals surface area contributed by atoms with Gasteiger partial charge in [-0.3, -0.25) is 19.6 Å². The van der Waals surface area contributed by atoms with Gasteiger partial charge in [0, 0.05) is 84.6 Å². The molecule has 3 N–H and O–H groups in total. The van der Waals surface area contributed by atoms with E-state index in [1.165, 1.54) is 26.0 Å². The van der Waals surface area contributed by atoms with Gasteiger partial charge < -0.3 is 47.8 Å². The molecule has 0 spiro atoms. The fourth-order valence-corrected chi connectivity index (χ4v) is 16.3. The van der Waals surface area contributed by atoms with Crippen molar-refractivity contribution in [3.63, 3.8) is 0 Å². The molecule has 20 heteroatoms. The summed E-state index contributed by atoms with van der Waals surface area (Å²) in [7, 11) is 0. The largest absolute Gasteiger partial charge is 0.484 e. The Kier molecular flexibility index (Phi) is 17.0. The highest BCUT2D eigenvalue weighted by Crippen LogP contribution is 2.70. The number of pyridine rings is 2. The zero-order valence-corrected chi connectivity index (χ0v) is 52.2. The van der Waals surface area contributed by atoms with Crippen molar-refractivity contribution >= 4 is 57.8 Å². The van der Waals surface area contributed by atoms with Gasteiger partial charge >= 0.3 is 29.2 Å². The number of carbonyl (C=O) groups excluding carboxylic acids is 3. The van der Waals surface area contributed by atoms with Crippen molar-refractivity contribution in [2.75, 3.05) is 13.2 Å². The molecule has 83 heavy (non-hydrogen) atoms. The number of ether oxygens (including phenoxy) is 5. The molecule has 446 valence electrons. The van der Waals surface area contributed by atoms with Crippen LogP contribution in [0.2, 0.25) is 0 Å². The first kappa shape index (κ1) is 62.0. The number of fused-ring (bicyclic) bond motifs is 8. The van der Waals surface area contributed by atoms with Gasteiger partial charge in [-0.15, -0.1) is 24.0 Å². The van der Waals surface area contributed by atoms with E-state index >= 15 is 0 Å². The van der Waals surface area contributed by atoms with E-state index in [2.05, 4.69) is 67.4 Å². The van der Waals surface area contributed by atoms with Crippen LogP contribution < -0.4 is 20.7 Å². The second kappa shape index (κ2) is 22.7. The van der Waals surface area contributed by atoms with Crippen LogP contribution in [0.4, 0.5) is 4.39 Å².